The zero-order valence-electron chi connectivity index (χ0n) is 9.51. The first kappa shape index (κ1) is 13.0. The topological polar surface area (TPSA) is 69.3 Å². The number of hydrogen-bond acceptors (Lipinski definition) is 4. The third kappa shape index (κ3) is 2.87. The summed E-state index contributed by atoms with van der Waals surface area (Å²) >= 11 is 5.63. The van der Waals surface area contributed by atoms with Crippen LogP contribution in [0.2, 0.25) is 5.02 Å². The Morgan fingerprint density at radius 2 is 2.21 bits per heavy atom. The van der Waals surface area contributed by atoms with E-state index in [-0.39, 0.29) is 22.0 Å². The standard InChI is InChI=1S/C13H7ClFN3O/c14-10-5-8(1-2-11(10)15)18-12(6-16)9-3-4-17-7-13(9)19/h1-5,7,19H. The molecule has 0 unspecified atom stereocenters. The second-order valence-electron chi connectivity index (χ2n) is 3.56. The molecule has 0 radical (unpaired) electrons. The maximum atomic E-state index is 13.0. The van der Waals surface area contributed by atoms with Crippen molar-refractivity contribution in [1.29, 1.82) is 5.26 Å². The molecule has 0 fully saturated rings. The lowest BCUT2D eigenvalue weighted by Crippen LogP contribution is -1.97. The van der Waals surface area contributed by atoms with Crippen LogP contribution >= 0.6 is 11.6 Å². The third-order valence-corrected chi connectivity index (χ3v) is 2.59. The Bertz CT molecular complexity index is 695. The summed E-state index contributed by atoms with van der Waals surface area (Å²) < 4.78 is 13.0. The summed E-state index contributed by atoms with van der Waals surface area (Å²) in [6.07, 6.45) is 2.64. The molecule has 1 aromatic carbocycles. The van der Waals surface area contributed by atoms with Crippen LogP contribution in [-0.4, -0.2) is 15.8 Å². The fourth-order valence-corrected chi connectivity index (χ4v) is 1.59. The lowest BCUT2D eigenvalue weighted by molar-refractivity contribution is 0.471. The van der Waals surface area contributed by atoms with Crippen LogP contribution in [0.1, 0.15) is 5.56 Å². The van der Waals surface area contributed by atoms with Crippen LogP contribution < -0.4 is 0 Å². The van der Waals surface area contributed by atoms with Crippen molar-refractivity contribution in [3.8, 4) is 11.8 Å². The zero-order chi connectivity index (χ0) is 13.8. The first-order valence-electron chi connectivity index (χ1n) is 5.19. The summed E-state index contributed by atoms with van der Waals surface area (Å²) in [5.41, 5.74) is 0.555. The minimum absolute atomic E-state index is 0.0115. The molecule has 0 saturated carbocycles. The van der Waals surface area contributed by atoms with Crippen molar-refractivity contribution in [2.45, 2.75) is 0 Å². The molecule has 2 aromatic rings. The van der Waals surface area contributed by atoms with Crippen molar-refractivity contribution in [3.05, 3.63) is 53.1 Å². The van der Waals surface area contributed by atoms with Gasteiger partial charge in [-0.2, -0.15) is 5.26 Å². The molecule has 1 aromatic heterocycles. The molecule has 0 atom stereocenters. The Morgan fingerprint density at radius 3 is 2.84 bits per heavy atom. The number of aromatic hydroxyl groups is 1. The summed E-state index contributed by atoms with van der Waals surface area (Å²) in [7, 11) is 0. The molecule has 2 rings (SSSR count). The number of benzene rings is 1. The SMILES string of the molecule is N#CC(=Nc1ccc(F)c(Cl)c1)c1ccncc1O. The van der Waals surface area contributed by atoms with E-state index in [1.165, 1.54) is 30.6 Å². The van der Waals surface area contributed by atoms with Gasteiger partial charge in [0.05, 0.1) is 22.5 Å². The van der Waals surface area contributed by atoms with Gasteiger partial charge < -0.3 is 5.11 Å². The number of nitrogens with zero attached hydrogens (tertiary/aromatic N) is 3. The first-order chi connectivity index (χ1) is 9.11. The number of pyridine rings is 1. The highest BCUT2D eigenvalue weighted by atomic mass is 35.5. The summed E-state index contributed by atoms with van der Waals surface area (Å²) in [6.45, 7) is 0. The predicted octanol–water partition coefficient (Wildman–Crippen LogP) is 3.22. The van der Waals surface area contributed by atoms with E-state index >= 15 is 0 Å². The van der Waals surface area contributed by atoms with Gasteiger partial charge in [0.2, 0.25) is 0 Å². The van der Waals surface area contributed by atoms with Gasteiger partial charge in [-0.15, -0.1) is 0 Å². The molecule has 1 heterocycles. The van der Waals surface area contributed by atoms with Crippen LogP contribution in [0.15, 0.2) is 41.7 Å². The second kappa shape index (κ2) is 5.46. The van der Waals surface area contributed by atoms with Crippen molar-refractivity contribution < 1.29 is 9.50 Å². The van der Waals surface area contributed by atoms with E-state index in [1.807, 2.05) is 6.07 Å². The maximum Gasteiger partial charge on any atom is 0.152 e. The summed E-state index contributed by atoms with van der Waals surface area (Å²) in [5, 5.41) is 18.6. The van der Waals surface area contributed by atoms with Gasteiger partial charge in [0.15, 0.2) is 5.71 Å². The van der Waals surface area contributed by atoms with Gasteiger partial charge in [-0.1, -0.05) is 11.6 Å². The van der Waals surface area contributed by atoms with Crippen LogP contribution in [0.3, 0.4) is 0 Å². The smallest absolute Gasteiger partial charge is 0.152 e. The van der Waals surface area contributed by atoms with Gasteiger partial charge in [0.25, 0.3) is 0 Å². The Morgan fingerprint density at radius 1 is 1.42 bits per heavy atom. The van der Waals surface area contributed by atoms with Gasteiger partial charge in [-0.25, -0.2) is 9.38 Å². The Labute approximate surface area is 113 Å². The molecule has 0 bridgehead atoms. The molecule has 0 aliphatic carbocycles. The van der Waals surface area contributed by atoms with Crippen molar-refractivity contribution in [2.75, 3.05) is 0 Å². The van der Waals surface area contributed by atoms with Gasteiger partial charge in [0, 0.05) is 6.20 Å². The number of rotatable bonds is 2. The molecular weight excluding hydrogens is 269 g/mol. The summed E-state index contributed by atoms with van der Waals surface area (Å²) in [4.78, 5) is 7.74. The normalized spacial score (nSPS) is 11.1. The number of halogens is 2. The number of aromatic nitrogens is 1. The largest absolute Gasteiger partial charge is 0.506 e. The predicted molar refractivity (Wildman–Crippen MR) is 69.1 cm³/mol. The quantitative estimate of drug-likeness (QED) is 0.856. The van der Waals surface area contributed by atoms with Crippen LogP contribution in [0.25, 0.3) is 0 Å². The molecule has 0 aliphatic heterocycles. The molecule has 94 valence electrons. The maximum absolute atomic E-state index is 13.0. The molecular formula is C13H7ClFN3O. The molecule has 1 N–H and O–H groups in total. The van der Waals surface area contributed by atoms with Crippen molar-refractivity contribution in [3.63, 3.8) is 0 Å². The Kier molecular flexibility index (Phi) is 3.74. The van der Waals surface area contributed by atoms with Crippen LogP contribution in [0.5, 0.6) is 5.75 Å². The van der Waals surface area contributed by atoms with Gasteiger partial charge >= 0.3 is 0 Å². The molecule has 0 saturated heterocycles. The monoisotopic (exact) mass is 275 g/mol. The molecule has 0 spiro atoms. The van der Waals surface area contributed by atoms with E-state index in [0.717, 1.165) is 6.07 Å². The van der Waals surface area contributed by atoms with E-state index in [9.17, 15) is 9.50 Å². The molecule has 19 heavy (non-hydrogen) atoms. The van der Waals surface area contributed by atoms with Crippen LogP contribution in [0, 0.1) is 17.1 Å². The van der Waals surface area contributed by atoms with Crippen molar-refractivity contribution in [1.82, 2.24) is 4.98 Å². The fraction of sp³-hybridized carbons (Fsp3) is 0. The highest BCUT2D eigenvalue weighted by Crippen LogP contribution is 2.23. The number of hydrogen-bond donors (Lipinski definition) is 1. The molecule has 0 amide bonds. The summed E-state index contributed by atoms with van der Waals surface area (Å²) in [5.74, 6) is -0.720. The van der Waals surface area contributed by atoms with Crippen molar-refractivity contribution in [2.24, 2.45) is 4.99 Å². The zero-order valence-corrected chi connectivity index (χ0v) is 10.3. The average Bonchev–Trinajstić information content (AvgIpc) is 2.41. The fourth-order valence-electron chi connectivity index (χ4n) is 1.42. The van der Waals surface area contributed by atoms with E-state index < -0.39 is 5.82 Å². The van der Waals surface area contributed by atoms with E-state index in [2.05, 4.69) is 9.98 Å². The van der Waals surface area contributed by atoms with Gasteiger partial charge in [-0.05, 0) is 24.3 Å². The molecule has 4 nitrogen and oxygen atoms in total. The molecule has 6 heteroatoms. The van der Waals surface area contributed by atoms with Crippen LogP contribution in [-0.2, 0) is 0 Å². The van der Waals surface area contributed by atoms with E-state index in [1.54, 1.807) is 0 Å². The van der Waals surface area contributed by atoms with E-state index in [0.29, 0.717) is 5.69 Å². The lowest BCUT2D eigenvalue weighted by atomic mass is 10.1. The number of nitriles is 1. The first-order valence-corrected chi connectivity index (χ1v) is 5.57. The Hall–Kier alpha value is -2.45. The minimum atomic E-state index is -0.564. The number of aliphatic imine (C=N–C) groups is 1. The van der Waals surface area contributed by atoms with E-state index in [4.69, 9.17) is 16.9 Å². The van der Waals surface area contributed by atoms with Crippen LogP contribution in [0.4, 0.5) is 10.1 Å². The molecule has 0 aliphatic rings. The summed E-state index contributed by atoms with van der Waals surface area (Å²) in [6, 6.07) is 7.17. The van der Waals surface area contributed by atoms with Gasteiger partial charge in [-0.3, -0.25) is 4.98 Å². The lowest BCUT2D eigenvalue weighted by Gasteiger charge is -2.02. The highest BCUT2D eigenvalue weighted by molar-refractivity contribution is 6.31. The minimum Gasteiger partial charge on any atom is -0.506 e. The second-order valence-corrected chi connectivity index (χ2v) is 3.97. The van der Waals surface area contributed by atoms with Gasteiger partial charge in [0.1, 0.15) is 17.6 Å². The average molecular weight is 276 g/mol. The Balaban J connectivity index is 2.48. The highest BCUT2D eigenvalue weighted by Gasteiger charge is 2.09. The van der Waals surface area contributed by atoms with Crippen molar-refractivity contribution >= 4 is 23.0 Å². The third-order valence-electron chi connectivity index (χ3n) is 2.31.